The Labute approximate surface area is 123 Å². The molecule has 1 unspecified atom stereocenters. The van der Waals surface area contributed by atoms with Crippen LogP contribution in [0.3, 0.4) is 0 Å². The van der Waals surface area contributed by atoms with Gasteiger partial charge in [0.2, 0.25) is 0 Å². The number of hydrogen-bond acceptors (Lipinski definition) is 1. The number of unbranched alkanes of at least 4 members (excludes halogenated alkanes) is 6. The van der Waals surface area contributed by atoms with E-state index in [0.717, 1.165) is 11.6 Å². The van der Waals surface area contributed by atoms with Gasteiger partial charge in [-0.3, -0.25) is 0 Å². The van der Waals surface area contributed by atoms with Crippen molar-refractivity contribution >= 4 is 11.6 Å². The highest BCUT2D eigenvalue weighted by molar-refractivity contribution is 6.30. The monoisotopic (exact) mass is 281 g/mol. The minimum absolute atomic E-state index is 0.493. The van der Waals surface area contributed by atoms with Gasteiger partial charge < -0.3 is 5.73 Å². The Hall–Kier alpha value is -0.530. The molecule has 1 aromatic carbocycles. The van der Waals surface area contributed by atoms with Gasteiger partial charge in [0.05, 0.1) is 0 Å². The molecule has 0 spiro atoms. The van der Waals surface area contributed by atoms with Crippen LogP contribution < -0.4 is 5.73 Å². The first-order chi connectivity index (χ1) is 9.27. The highest BCUT2D eigenvalue weighted by Gasteiger charge is 2.08. The van der Waals surface area contributed by atoms with Gasteiger partial charge in [-0.25, -0.2) is 0 Å². The van der Waals surface area contributed by atoms with Crippen LogP contribution in [-0.4, -0.2) is 6.54 Å². The zero-order valence-electron chi connectivity index (χ0n) is 12.2. The van der Waals surface area contributed by atoms with E-state index in [2.05, 4.69) is 19.1 Å². The van der Waals surface area contributed by atoms with Crippen molar-refractivity contribution < 1.29 is 0 Å². The topological polar surface area (TPSA) is 26.0 Å². The molecule has 0 saturated carbocycles. The molecular weight excluding hydrogens is 254 g/mol. The second kappa shape index (κ2) is 10.3. The number of hydrogen-bond donors (Lipinski definition) is 1. The first kappa shape index (κ1) is 16.5. The summed E-state index contributed by atoms with van der Waals surface area (Å²) in [7, 11) is 0. The van der Waals surface area contributed by atoms with E-state index in [1.807, 2.05) is 12.1 Å². The minimum Gasteiger partial charge on any atom is -0.330 e. The maximum Gasteiger partial charge on any atom is 0.0406 e. The third-order valence-corrected chi connectivity index (χ3v) is 4.03. The Balaban J connectivity index is 2.20. The fourth-order valence-corrected chi connectivity index (χ4v) is 2.63. The van der Waals surface area contributed by atoms with Crippen LogP contribution in [0.25, 0.3) is 0 Å². The zero-order chi connectivity index (χ0) is 13.9. The molecule has 0 amide bonds. The van der Waals surface area contributed by atoms with Gasteiger partial charge in [-0.1, -0.05) is 75.6 Å². The van der Waals surface area contributed by atoms with Crippen LogP contribution >= 0.6 is 11.6 Å². The van der Waals surface area contributed by atoms with Crippen molar-refractivity contribution in [1.29, 1.82) is 0 Å². The molecule has 0 fully saturated rings. The molecular formula is C17H28ClN. The molecule has 0 saturated heterocycles. The molecule has 1 nitrogen and oxygen atoms in total. The van der Waals surface area contributed by atoms with E-state index >= 15 is 0 Å². The van der Waals surface area contributed by atoms with Crippen molar-refractivity contribution in [3.63, 3.8) is 0 Å². The van der Waals surface area contributed by atoms with E-state index in [9.17, 15) is 0 Å². The normalized spacial score (nSPS) is 12.6. The van der Waals surface area contributed by atoms with Gasteiger partial charge in [-0.05, 0) is 36.6 Å². The molecule has 0 bridgehead atoms. The quantitative estimate of drug-likeness (QED) is 0.561. The molecule has 0 aliphatic rings. The fourth-order valence-electron chi connectivity index (χ4n) is 2.50. The second-order valence-corrected chi connectivity index (χ2v) is 5.83. The molecule has 0 aliphatic carbocycles. The third kappa shape index (κ3) is 6.98. The number of nitrogens with two attached hydrogens (primary N) is 1. The molecule has 0 aromatic heterocycles. The maximum absolute atomic E-state index is 5.92. The van der Waals surface area contributed by atoms with E-state index in [4.69, 9.17) is 17.3 Å². The summed E-state index contributed by atoms with van der Waals surface area (Å²) in [6, 6.07) is 8.15. The van der Waals surface area contributed by atoms with Crippen molar-refractivity contribution in [2.24, 2.45) is 5.73 Å². The van der Waals surface area contributed by atoms with Gasteiger partial charge in [0.15, 0.2) is 0 Å². The van der Waals surface area contributed by atoms with Crippen molar-refractivity contribution in [1.82, 2.24) is 0 Å². The highest BCUT2D eigenvalue weighted by atomic mass is 35.5. The molecule has 2 N–H and O–H groups in total. The minimum atomic E-state index is 0.493. The predicted molar refractivity (Wildman–Crippen MR) is 85.9 cm³/mol. The highest BCUT2D eigenvalue weighted by Crippen LogP contribution is 2.23. The maximum atomic E-state index is 5.92. The summed E-state index contributed by atoms with van der Waals surface area (Å²) in [5.41, 5.74) is 7.22. The lowest BCUT2D eigenvalue weighted by Gasteiger charge is -2.15. The summed E-state index contributed by atoms with van der Waals surface area (Å²) < 4.78 is 0. The van der Waals surface area contributed by atoms with Crippen LogP contribution in [0, 0.1) is 0 Å². The molecule has 1 aromatic rings. The lowest BCUT2D eigenvalue weighted by atomic mass is 9.93. The summed E-state index contributed by atoms with van der Waals surface area (Å²) in [5.74, 6) is 0.493. The van der Waals surface area contributed by atoms with Gasteiger partial charge >= 0.3 is 0 Å². The molecule has 0 aliphatic heterocycles. The smallest absolute Gasteiger partial charge is 0.0406 e. The van der Waals surface area contributed by atoms with Crippen LogP contribution in [0.1, 0.15) is 69.8 Å². The van der Waals surface area contributed by atoms with Crippen LogP contribution in [-0.2, 0) is 0 Å². The van der Waals surface area contributed by atoms with Crippen molar-refractivity contribution in [2.45, 2.75) is 64.2 Å². The summed E-state index contributed by atoms with van der Waals surface area (Å²) in [6.07, 6.45) is 10.7. The van der Waals surface area contributed by atoms with Gasteiger partial charge in [0.25, 0.3) is 0 Å². The van der Waals surface area contributed by atoms with Gasteiger partial charge in [-0.15, -0.1) is 0 Å². The third-order valence-electron chi connectivity index (χ3n) is 3.78. The Bertz CT molecular complexity index is 321. The lowest BCUT2D eigenvalue weighted by Crippen LogP contribution is -2.12. The molecule has 1 rings (SSSR count). The van der Waals surface area contributed by atoms with E-state index < -0.39 is 0 Å². The van der Waals surface area contributed by atoms with Gasteiger partial charge in [0, 0.05) is 5.02 Å². The summed E-state index contributed by atoms with van der Waals surface area (Å²) in [5, 5.41) is 0.801. The summed E-state index contributed by atoms with van der Waals surface area (Å²) in [4.78, 5) is 0. The molecule has 19 heavy (non-hydrogen) atoms. The molecule has 0 radical (unpaired) electrons. The first-order valence-corrected chi connectivity index (χ1v) is 8.11. The average Bonchev–Trinajstić information content (AvgIpc) is 2.43. The van der Waals surface area contributed by atoms with E-state index in [0.29, 0.717) is 5.92 Å². The largest absolute Gasteiger partial charge is 0.330 e. The van der Waals surface area contributed by atoms with Crippen LogP contribution in [0.4, 0.5) is 0 Å². The standard InChI is InChI=1S/C17H28ClN/c1-2-3-4-5-6-7-8-9-16(14-19)15-10-12-17(18)13-11-15/h10-13,16H,2-9,14,19H2,1H3. The van der Waals surface area contributed by atoms with Crippen molar-refractivity contribution in [3.8, 4) is 0 Å². The number of rotatable bonds is 10. The Morgan fingerprint density at radius 2 is 1.53 bits per heavy atom. The van der Waals surface area contributed by atoms with Crippen LogP contribution in [0.15, 0.2) is 24.3 Å². The van der Waals surface area contributed by atoms with Crippen molar-refractivity contribution in [3.05, 3.63) is 34.9 Å². The fraction of sp³-hybridized carbons (Fsp3) is 0.647. The molecule has 1 atom stereocenters. The average molecular weight is 282 g/mol. The van der Waals surface area contributed by atoms with Gasteiger partial charge in [-0.2, -0.15) is 0 Å². The summed E-state index contributed by atoms with van der Waals surface area (Å²) >= 11 is 5.92. The van der Waals surface area contributed by atoms with E-state index in [1.54, 1.807) is 0 Å². The number of halogens is 1. The Kier molecular flexibility index (Phi) is 8.94. The summed E-state index contributed by atoms with van der Waals surface area (Å²) in [6.45, 7) is 3.00. The van der Waals surface area contributed by atoms with Crippen LogP contribution in [0.2, 0.25) is 5.02 Å². The second-order valence-electron chi connectivity index (χ2n) is 5.39. The van der Waals surface area contributed by atoms with Gasteiger partial charge in [0.1, 0.15) is 0 Å². The zero-order valence-corrected chi connectivity index (χ0v) is 13.0. The first-order valence-electron chi connectivity index (χ1n) is 7.73. The Morgan fingerprint density at radius 1 is 0.947 bits per heavy atom. The molecule has 0 heterocycles. The SMILES string of the molecule is CCCCCCCCCC(CN)c1ccc(Cl)cc1. The molecule has 108 valence electrons. The van der Waals surface area contributed by atoms with Crippen molar-refractivity contribution in [2.75, 3.05) is 6.54 Å². The Morgan fingerprint density at radius 3 is 2.11 bits per heavy atom. The van der Waals surface area contributed by atoms with Crippen LogP contribution in [0.5, 0.6) is 0 Å². The van der Waals surface area contributed by atoms with E-state index in [1.165, 1.54) is 56.9 Å². The number of benzene rings is 1. The molecule has 2 heteroatoms. The van der Waals surface area contributed by atoms with E-state index in [-0.39, 0.29) is 0 Å². The predicted octanol–water partition coefficient (Wildman–Crippen LogP) is 5.52. The lowest BCUT2D eigenvalue weighted by molar-refractivity contribution is 0.537.